The van der Waals surface area contributed by atoms with Crippen LogP contribution in [0, 0.1) is 11.6 Å². The largest absolute Gasteiger partial charge is 0.462 e. The predicted octanol–water partition coefficient (Wildman–Crippen LogP) is 3.28. The van der Waals surface area contributed by atoms with Crippen LogP contribution in [0.5, 0.6) is 0 Å². The van der Waals surface area contributed by atoms with Gasteiger partial charge in [-0.1, -0.05) is 0 Å². The molecule has 0 amide bonds. The molecule has 10 heteroatoms. The Hall–Kier alpha value is -3.50. The van der Waals surface area contributed by atoms with Crippen LogP contribution in [0.2, 0.25) is 0 Å². The first-order valence-electron chi connectivity index (χ1n) is 10.1. The van der Waals surface area contributed by atoms with Gasteiger partial charge in [-0.05, 0) is 62.4 Å². The number of carbonyl (C=O) groups excluding carboxylic acids is 4. The SMILES string of the molecule is CCOC(=O)C(C(=O)c1ccc(F)cc1)=c1sc(=C(C(=O)OCC)C(=O)c2ccc(F)cc2)s1. The second-order valence-electron chi connectivity index (χ2n) is 6.64. The van der Waals surface area contributed by atoms with Crippen LogP contribution in [-0.4, -0.2) is 36.7 Å². The van der Waals surface area contributed by atoms with Gasteiger partial charge in [0.1, 0.15) is 30.5 Å². The summed E-state index contributed by atoms with van der Waals surface area (Å²) in [6, 6.07) is 9.32. The third-order valence-corrected chi connectivity index (χ3v) is 6.96. The second kappa shape index (κ2) is 11.1. The van der Waals surface area contributed by atoms with Crippen LogP contribution < -0.4 is 7.69 Å². The van der Waals surface area contributed by atoms with Gasteiger partial charge in [-0.2, -0.15) is 0 Å². The molecule has 176 valence electrons. The van der Waals surface area contributed by atoms with Crippen molar-refractivity contribution in [3.8, 4) is 0 Å². The van der Waals surface area contributed by atoms with Crippen LogP contribution in [0.4, 0.5) is 8.78 Å². The second-order valence-corrected chi connectivity index (χ2v) is 9.20. The van der Waals surface area contributed by atoms with E-state index in [4.69, 9.17) is 9.47 Å². The van der Waals surface area contributed by atoms with Crippen LogP contribution in [0.25, 0.3) is 11.1 Å². The highest BCUT2D eigenvalue weighted by atomic mass is 32.2. The van der Waals surface area contributed by atoms with Gasteiger partial charge in [0.15, 0.2) is 0 Å². The maximum absolute atomic E-state index is 13.3. The first kappa shape index (κ1) is 25.1. The third kappa shape index (κ3) is 5.52. The normalized spacial score (nSPS) is 10.5. The Kier molecular flexibility index (Phi) is 8.19. The molecule has 0 spiro atoms. The van der Waals surface area contributed by atoms with Crippen LogP contribution in [0.1, 0.15) is 34.6 Å². The molecule has 3 rings (SSSR count). The van der Waals surface area contributed by atoms with Gasteiger partial charge in [-0.15, -0.1) is 22.7 Å². The number of ketones is 2. The lowest BCUT2D eigenvalue weighted by Gasteiger charge is -2.09. The van der Waals surface area contributed by atoms with E-state index in [1.165, 1.54) is 24.3 Å². The van der Waals surface area contributed by atoms with Gasteiger partial charge >= 0.3 is 11.9 Å². The van der Waals surface area contributed by atoms with Crippen molar-refractivity contribution < 1.29 is 37.4 Å². The summed E-state index contributed by atoms with van der Waals surface area (Å²) in [5.74, 6) is -4.22. The van der Waals surface area contributed by atoms with Crippen molar-refractivity contribution in [3.05, 3.63) is 79.0 Å². The Bertz CT molecular complexity index is 1230. The Morgan fingerprint density at radius 2 is 0.971 bits per heavy atom. The molecule has 0 aliphatic carbocycles. The Morgan fingerprint density at radius 1 is 0.647 bits per heavy atom. The molecule has 34 heavy (non-hydrogen) atoms. The Labute approximate surface area is 200 Å². The fourth-order valence-electron chi connectivity index (χ4n) is 2.82. The number of esters is 2. The van der Waals surface area contributed by atoms with Crippen molar-refractivity contribution in [2.75, 3.05) is 13.2 Å². The zero-order valence-corrected chi connectivity index (χ0v) is 19.7. The van der Waals surface area contributed by atoms with Gasteiger partial charge < -0.3 is 9.47 Å². The highest BCUT2D eigenvalue weighted by molar-refractivity contribution is 7.36. The van der Waals surface area contributed by atoms with Crippen molar-refractivity contribution in [2.24, 2.45) is 0 Å². The van der Waals surface area contributed by atoms with Crippen LogP contribution in [-0.2, 0) is 19.1 Å². The fraction of sp³-hybridized carbons (Fsp3) is 0.167. The van der Waals surface area contributed by atoms with Gasteiger partial charge in [0.05, 0.1) is 13.2 Å². The molecule has 1 aromatic heterocycles. The van der Waals surface area contributed by atoms with E-state index in [1.807, 2.05) is 0 Å². The van der Waals surface area contributed by atoms with E-state index in [2.05, 4.69) is 0 Å². The number of ether oxygens (including phenoxy) is 2. The van der Waals surface area contributed by atoms with E-state index in [-0.39, 0.29) is 43.2 Å². The molecule has 0 fully saturated rings. The quantitative estimate of drug-likeness (QED) is 0.266. The van der Waals surface area contributed by atoms with Crippen molar-refractivity contribution >= 4 is 57.3 Å². The topological polar surface area (TPSA) is 86.7 Å². The lowest BCUT2D eigenvalue weighted by Crippen LogP contribution is -2.29. The van der Waals surface area contributed by atoms with Gasteiger partial charge in [-0.25, -0.2) is 18.4 Å². The number of Topliss-reactive ketones (excluding diaryl/α,β-unsaturated/α-hetero) is 2. The molecule has 0 radical (unpaired) electrons. The minimum Gasteiger partial charge on any atom is -0.462 e. The van der Waals surface area contributed by atoms with E-state index in [9.17, 15) is 28.0 Å². The van der Waals surface area contributed by atoms with Gasteiger partial charge in [-0.3, -0.25) is 9.59 Å². The number of benzene rings is 2. The molecule has 0 aliphatic rings. The molecule has 1 heterocycles. The summed E-state index contributed by atoms with van der Waals surface area (Å²) < 4.78 is 37.0. The summed E-state index contributed by atoms with van der Waals surface area (Å²) in [6.45, 7) is 3.19. The van der Waals surface area contributed by atoms with Crippen LogP contribution in [0.3, 0.4) is 0 Å². The first-order valence-corrected chi connectivity index (χ1v) is 11.7. The summed E-state index contributed by atoms with van der Waals surface area (Å²) in [6.07, 6.45) is 0. The zero-order chi connectivity index (χ0) is 24.8. The van der Waals surface area contributed by atoms with E-state index >= 15 is 0 Å². The fourth-order valence-corrected chi connectivity index (χ4v) is 5.03. The summed E-state index contributed by atoms with van der Waals surface area (Å²) in [7, 11) is 0. The number of carbonyl (C=O) groups is 4. The summed E-state index contributed by atoms with van der Waals surface area (Å²) >= 11 is 1.76. The Morgan fingerprint density at radius 3 is 1.26 bits per heavy atom. The molecule has 0 saturated carbocycles. The molecular formula is C24H18F2O6S2. The molecule has 2 aromatic carbocycles. The van der Waals surface area contributed by atoms with E-state index in [0.717, 1.165) is 46.9 Å². The average molecular weight is 505 g/mol. The summed E-state index contributed by atoms with van der Waals surface area (Å²) in [5.41, 5.74) is -0.429. The van der Waals surface area contributed by atoms with E-state index in [0.29, 0.717) is 0 Å². The summed E-state index contributed by atoms with van der Waals surface area (Å²) in [4.78, 5) is 51.1. The maximum Gasteiger partial charge on any atom is 0.344 e. The molecule has 0 N–H and O–H groups in total. The van der Waals surface area contributed by atoms with E-state index < -0.39 is 35.1 Å². The number of rotatable bonds is 8. The van der Waals surface area contributed by atoms with Crippen molar-refractivity contribution in [3.63, 3.8) is 0 Å². The van der Waals surface area contributed by atoms with Crippen LogP contribution >= 0.6 is 22.7 Å². The molecule has 0 atom stereocenters. The van der Waals surface area contributed by atoms with Crippen molar-refractivity contribution in [1.29, 1.82) is 0 Å². The maximum atomic E-state index is 13.3. The average Bonchev–Trinajstić information content (AvgIpc) is 2.78. The highest BCUT2D eigenvalue weighted by Crippen LogP contribution is 2.16. The number of hydrogen-bond donors (Lipinski definition) is 0. The third-order valence-electron chi connectivity index (χ3n) is 4.41. The minimum absolute atomic E-state index is 0.0153. The van der Waals surface area contributed by atoms with Crippen LogP contribution in [0.15, 0.2) is 48.5 Å². The monoisotopic (exact) mass is 504 g/mol. The molecule has 3 aromatic rings. The predicted molar refractivity (Wildman–Crippen MR) is 123 cm³/mol. The first-order chi connectivity index (χ1) is 16.3. The molecule has 0 saturated heterocycles. The molecule has 6 nitrogen and oxygen atoms in total. The summed E-state index contributed by atoms with van der Waals surface area (Å²) in [5, 5.41) is 0. The number of hydrogen-bond acceptors (Lipinski definition) is 8. The lowest BCUT2D eigenvalue weighted by molar-refractivity contribution is -0.136. The molecule has 0 unspecified atom stereocenters. The molecular weight excluding hydrogens is 486 g/mol. The van der Waals surface area contributed by atoms with Crippen molar-refractivity contribution in [1.82, 2.24) is 0 Å². The van der Waals surface area contributed by atoms with Gasteiger partial charge in [0.2, 0.25) is 11.6 Å². The zero-order valence-electron chi connectivity index (χ0n) is 18.1. The number of halogens is 2. The standard InChI is InChI=1S/C24H18F2O6S2/c1-3-31-21(29)17(19(27)13-5-9-15(25)10-6-13)23-33-24(34-23)18(22(30)32-4-2)20(28)14-7-11-16(26)12-8-14/h5-12H,3-4H2,1-2H3. The smallest absolute Gasteiger partial charge is 0.344 e. The van der Waals surface area contributed by atoms with Gasteiger partial charge in [0, 0.05) is 11.1 Å². The minimum atomic E-state index is -0.881. The Balaban J connectivity index is 2.17. The van der Waals surface area contributed by atoms with Gasteiger partial charge in [0.25, 0.3) is 0 Å². The van der Waals surface area contributed by atoms with Crippen molar-refractivity contribution in [2.45, 2.75) is 13.8 Å². The lowest BCUT2D eigenvalue weighted by atomic mass is 10.0. The molecule has 0 aliphatic heterocycles. The molecule has 0 bridgehead atoms. The van der Waals surface area contributed by atoms with E-state index in [1.54, 1.807) is 13.8 Å². The highest BCUT2D eigenvalue weighted by Gasteiger charge is 2.28.